The van der Waals surface area contributed by atoms with Crippen LogP contribution in [0.3, 0.4) is 0 Å². The van der Waals surface area contributed by atoms with Crippen LogP contribution in [0.1, 0.15) is 0 Å². The quantitative estimate of drug-likeness (QED) is 0.945. The fourth-order valence-electron chi connectivity index (χ4n) is 1.67. The maximum atomic E-state index is 5.79. The van der Waals surface area contributed by atoms with Crippen molar-refractivity contribution in [3.63, 3.8) is 0 Å². The summed E-state index contributed by atoms with van der Waals surface area (Å²) in [6.07, 6.45) is 0. The van der Waals surface area contributed by atoms with Crippen molar-refractivity contribution in [3.05, 3.63) is 22.8 Å². The predicted molar refractivity (Wildman–Crippen MR) is 73.9 cm³/mol. The van der Waals surface area contributed by atoms with Gasteiger partial charge >= 0.3 is 0 Å². The van der Waals surface area contributed by atoms with Gasteiger partial charge in [-0.2, -0.15) is 0 Å². The van der Waals surface area contributed by atoms with Crippen molar-refractivity contribution in [1.29, 1.82) is 0 Å². The van der Waals surface area contributed by atoms with Gasteiger partial charge in [-0.15, -0.1) is 0 Å². The predicted octanol–water partition coefficient (Wildman–Crippen LogP) is 2.45. The summed E-state index contributed by atoms with van der Waals surface area (Å²) in [4.78, 5) is 4.32. The van der Waals surface area contributed by atoms with Gasteiger partial charge in [0, 0.05) is 12.6 Å². The fourth-order valence-corrected chi connectivity index (χ4v) is 2.15. The summed E-state index contributed by atoms with van der Waals surface area (Å²) in [6, 6.07) is 5.54. The lowest BCUT2D eigenvalue weighted by Gasteiger charge is -2.09. The van der Waals surface area contributed by atoms with E-state index in [1.54, 1.807) is 18.8 Å². The molecule has 0 saturated heterocycles. The number of ether oxygens (including phenoxy) is 2. The Morgan fingerprint density at radius 2 is 2.00 bits per heavy atom. The molecule has 0 fully saturated rings. The van der Waals surface area contributed by atoms with Crippen LogP contribution >= 0.6 is 15.9 Å². The summed E-state index contributed by atoms with van der Waals surface area (Å²) in [7, 11) is 5.07. The molecule has 1 heterocycles. The van der Waals surface area contributed by atoms with E-state index in [9.17, 15) is 0 Å². The number of benzene rings is 1. The highest BCUT2D eigenvalue weighted by atomic mass is 79.9. The molecule has 2 rings (SSSR count). The Hall–Kier alpha value is -1.69. The number of hydrogen-bond donors (Lipinski definition) is 1. The number of halogens is 1. The molecule has 0 atom stereocenters. The average Bonchev–Trinajstić information content (AvgIpc) is 2.65. The molecule has 5 nitrogen and oxygen atoms in total. The van der Waals surface area contributed by atoms with Crippen LogP contribution < -0.4 is 15.2 Å². The number of nitrogens with zero attached hydrogens (tertiary/aromatic N) is 2. The summed E-state index contributed by atoms with van der Waals surface area (Å²) in [5.74, 6) is 1.89. The van der Waals surface area contributed by atoms with Gasteiger partial charge in [0.05, 0.1) is 14.2 Å². The summed E-state index contributed by atoms with van der Waals surface area (Å²) in [5.41, 5.74) is 7.35. The van der Waals surface area contributed by atoms with Gasteiger partial charge in [0.2, 0.25) is 5.95 Å². The van der Waals surface area contributed by atoms with Gasteiger partial charge in [0.25, 0.3) is 0 Å². The standard InChI is InChI=1S/C12H14BrN3O2/c1-16-11(13)10(15-12(16)14)8-6-7(17-2)4-5-9(8)18-3/h4-6H,1-3H3,(H2,14,15). The number of nitrogen functional groups attached to an aromatic ring is 1. The molecule has 0 saturated carbocycles. The number of nitrogens with two attached hydrogens (primary N) is 1. The summed E-state index contributed by atoms with van der Waals surface area (Å²) < 4.78 is 13.1. The van der Waals surface area contributed by atoms with E-state index in [0.717, 1.165) is 27.4 Å². The van der Waals surface area contributed by atoms with Gasteiger partial charge in [-0.1, -0.05) is 0 Å². The van der Waals surface area contributed by atoms with Gasteiger partial charge in [-0.3, -0.25) is 0 Å². The van der Waals surface area contributed by atoms with E-state index in [2.05, 4.69) is 20.9 Å². The molecule has 96 valence electrons. The Morgan fingerprint density at radius 1 is 1.28 bits per heavy atom. The maximum absolute atomic E-state index is 5.79. The molecule has 0 bridgehead atoms. The second-order valence-electron chi connectivity index (χ2n) is 3.73. The van der Waals surface area contributed by atoms with Crippen LogP contribution in [0.25, 0.3) is 11.3 Å². The van der Waals surface area contributed by atoms with Crippen LogP contribution in [0.5, 0.6) is 11.5 Å². The van der Waals surface area contributed by atoms with Crippen LogP contribution in [0.4, 0.5) is 5.95 Å². The Labute approximate surface area is 114 Å². The fraction of sp³-hybridized carbons (Fsp3) is 0.250. The molecule has 0 radical (unpaired) electrons. The summed E-state index contributed by atoms with van der Waals surface area (Å²) in [5, 5.41) is 0. The Bertz CT molecular complexity index is 581. The minimum absolute atomic E-state index is 0.432. The van der Waals surface area contributed by atoms with E-state index in [1.165, 1.54) is 0 Å². The number of rotatable bonds is 3. The lowest BCUT2D eigenvalue weighted by Crippen LogP contribution is -1.96. The number of methoxy groups -OCH3 is 2. The molecule has 6 heteroatoms. The first-order valence-electron chi connectivity index (χ1n) is 5.28. The molecule has 0 aliphatic carbocycles. The first-order chi connectivity index (χ1) is 8.58. The topological polar surface area (TPSA) is 62.3 Å². The lowest BCUT2D eigenvalue weighted by atomic mass is 10.1. The molecule has 0 aliphatic rings. The minimum Gasteiger partial charge on any atom is -0.497 e. The molecule has 0 unspecified atom stereocenters. The highest BCUT2D eigenvalue weighted by molar-refractivity contribution is 9.10. The molecule has 0 spiro atoms. The Kier molecular flexibility index (Phi) is 3.47. The SMILES string of the molecule is COc1ccc(OC)c(-c2nc(N)n(C)c2Br)c1. The van der Waals surface area contributed by atoms with Crippen LogP contribution in [0.2, 0.25) is 0 Å². The zero-order chi connectivity index (χ0) is 13.3. The Morgan fingerprint density at radius 3 is 2.50 bits per heavy atom. The van der Waals surface area contributed by atoms with Gasteiger partial charge in [-0.05, 0) is 34.1 Å². The number of imidazole rings is 1. The molecule has 1 aromatic heterocycles. The lowest BCUT2D eigenvalue weighted by molar-refractivity contribution is 0.404. The van der Waals surface area contributed by atoms with E-state index in [-0.39, 0.29) is 0 Å². The molecule has 0 aliphatic heterocycles. The second kappa shape index (κ2) is 4.89. The smallest absolute Gasteiger partial charge is 0.201 e. The van der Waals surface area contributed by atoms with Gasteiger partial charge in [0.1, 0.15) is 21.8 Å². The highest BCUT2D eigenvalue weighted by Crippen LogP contribution is 2.37. The van der Waals surface area contributed by atoms with Crippen molar-refractivity contribution in [2.45, 2.75) is 0 Å². The zero-order valence-electron chi connectivity index (χ0n) is 10.4. The molecule has 0 amide bonds. The molecule has 2 aromatic rings. The van der Waals surface area contributed by atoms with Crippen LogP contribution in [0, 0.1) is 0 Å². The minimum atomic E-state index is 0.432. The van der Waals surface area contributed by atoms with Crippen molar-refractivity contribution in [1.82, 2.24) is 9.55 Å². The third kappa shape index (κ3) is 2.03. The van der Waals surface area contributed by atoms with Crippen LogP contribution in [-0.4, -0.2) is 23.8 Å². The number of hydrogen-bond acceptors (Lipinski definition) is 4. The molecule has 18 heavy (non-hydrogen) atoms. The molecular weight excluding hydrogens is 298 g/mol. The third-order valence-electron chi connectivity index (χ3n) is 2.72. The van der Waals surface area contributed by atoms with Crippen molar-refractivity contribution < 1.29 is 9.47 Å². The van der Waals surface area contributed by atoms with E-state index < -0.39 is 0 Å². The van der Waals surface area contributed by atoms with E-state index in [1.807, 2.05) is 25.2 Å². The van der Waals surface area contributed by atoms with Gasteiger partial charge in [-0.25, -0.2) is 4.98 Å². The third-order valence-corrected chi connectivity index (χ3v) is 3.63. The van der Waals surface area contributed by atoms with Gasteiger partial charge in [0.15, 0.2) is 0 Å². The van der Waals surface area contributed by atoms with Crippen molar-refractivity contribution >= 4 is 21.9 Å². The highest BCUT2D eigenvalue weighted by Gasteiger charge is 2.17. The van der Waals surface area contributed by atoms with E-state index >= 15 is 0 Å². The number of anilines is 1. The van der Waals surface area contributed by atoms with Crippen molar-refractivity contribution in [2.24, 2.45) is 7.05 Å². The first kappa shape index (κ1) is 12.8. The van der Waals surface area contributed by atoms with Crippen molar-refractivity contribution in [2.75, 3.05) is 20.0 Å². The molecular formula is C12H14BrN3O2. The molecule has 2 N–H and O–H groups in total. The largest absolute Gasteiger partial charge is 0.497 e. The van der Waals surface area contributed by atoms with Gasteiger partial charge < -0.3 is 19.8 Å². The first-order valence-corrected chi connectivity index (χ1v) is 6.08. The van der Waals surface area contributed by atoms with E-state index in [4.69, 9.17) is 15.2 Å². The van der Waals surface area contributed by atoms with Crippen molar-refractivity contribution in [3.8, 4) is 22.8 Å². The normalized spacial score (nSPS) is 10.4. The van der Waals surface area contributed by atoms with E-state index in [0.29, 0.717) is 5.95 Å². The average molecular weight is 312 g/mol. The monoisotopic (exact) mass is 311 g/mol. The van der Waals surface area contributed by atoms with Crippen LogP contribution in [-0.2, 0) is 7.05 Å². The maximum Gasteiger partial charge on any atom is 0.201 e. The second-order valence-corrected chi connectivity index (χ2v) is 4.49. The number of aromatic nitrogens is 2. The molecule has 1 aromatic carbocycles. The Balaban J connectivity index is 2.64. The zero-order valence-corrected chi connectivity index (χ0v) is 12.0. The summed E-state index contributed by atoms with van der Waals surface area (Å²) >= 11 is 3.47. The van der Waals surface area contributed by atoms with Crippen LogP contribution in [0.15, 0.2) is 22.8 Å². The summed E-state index contributed by atoms with van der Waals surface area (Å²) in [6.45, 7) is 0.